The Hall–Kier alpha value is -7.04. The van der Waals surface area contributed by atoms with Crippen LogP contribution in [-0.4, -0.2) is 15.3 Å². The molecule has 8 aromatic carbocycles. The van der Waals surface area contributed by atoms with Crippen LogP contribution in [0, 0.1) is 0 Å². The summed E-state index contributed by atoms with van der Waals surface area (Å²) < 4.78 is 6.53. The van der Waals surface area contributed by atoms with E-state index < -0.39 is 0 Å². The molecule has 0 amide bonds. The fourth-order valence-electron chi connectivity index (χ4n) is 8.96. The van der Waals surface area contributed by atoms with Gasteiger partial charge in [-0.3, -0.25) is 0 Å². The van der Waals surface area contributed by atoms with Gasteiger partial charge in [-0.25, -0.2) is 0 Å². The lowest BCUT2D eigenvalue weighted by Crippen LogP contribution is -2.12. The number of phenols is 3. The number of benzene rings is 8. The predicted octanol–water partition coefficient (Wildman–Crippen LogP) is 12.4. The second-order valence-electron chi connectivity index (χ2n) is 16.1. The van der Waals surface area contributed by atoms with Crippen molar-refractivity contribution in [3.05, 3.63) is 261 Å². The Kier molecular flexibility index (Phi) is 11.2. The molecule has 3 unspecified atom stereocenters. The van der Waals surface area contributed by atoms with E-state index in [2.05, 4.69) is 133 Å². The maximum atomic E-state index is 12.1. The van der Waals surface area contributed by atoms with Crippen molar-refractivity contribution in [2.24, 2.45) is 0 Å². The third-order valence-electron chi connectivity index (χ3n) is 12.1. The molecule has 9 rings (SSSR count). The lowest BCUT2D eigenvalue weighted by Gasteiger charge is -2.26. The number of aromatic hydroxyl groups is 3. The Morgan fingerprint density at radius 3 is 1.25 bits per heavy atom. The summed E-state index contributed by atoms with van der Waals surface area (Å²) in [6, 6.07) is 66.5. The third kappa shape index (κ3) is 8.55. The molecule has 8 bridgehead atoms. The standard InChI is InChI=1S/C56H48O4/c57-53-35-54(58)51-33-46(53)32-47-34-52(55(59)36-56(47)60-37-41-21-11-4-12-22-41)50(29-40-19-9-3-10-20-40)45-26-14-24-43(31-45)48(27-38-15-5-1-6-16-38)42-23-13-25-44(30-42)49(51)28-39-17-7-2-8-18-39/h1-26,30-31,33-36,48-50,57-59H,27-29,32,37H2. The minimum absolute atomic E-state index is 0.00433. The molecule has 4 heteroatoms. The summed E-state index contributed by atoms with van der Waals surface area (Å²) in [4.78, 5) is 0. The van der Waals surface area contributed by atoms with Gasteiger partial charge in [0.2, 0.25) is 0 Å². The van der Waals surface area contributed by atoms with Crippen LogP contribution in [0.1, 0.15) is 84.5 Å². The van der Waals surface area contributed by atoms with Gasteiger partial charge < -0.3 is 20.1 Å². The average Bonchev–Trinajstić information content (AvgIpc) is 3.29. The maximum absolute atomic E-state index is 12.1. The molecule has 0 spiro atoms. The fraction of sp³-hybridized carbons (Fsp3) is 0.143. The van der Waals surface area contributed by atoms with E-state index in [-0.39, 0.29) is 35.0 Å². The molecule has 0 aliphatic heterocycles. The van der Waals surface area contributed by atoms with Gasteiger partial charge in [0, 0.05) is 47.4 Å². The highest BCUT2D eigenvalue weighted by Crippen LogP contribution is 2.44. The van der Waals surface area contributed by atoms with Crippen molar-refractivity contribution in [3.8, 4) is 23.0 Å². The third-order valence-corrected chi connectivity index (χ3v) is 12.1. The topological polar surface area (TPSA) is 69.9 Å². The fourth-order valence-corrected chi connectivity index (χ4v) is 8.96. The van der Waals surface area contributed by atoms with Crippen LogP contribution in [-0.2, 0) is 32.3 Å². The molecule has 1 aliphatic carbocycles. The molecule has 0 saturated heterocycles. The van der Waals surface area contributed by atoms with Gasteiger partial charge >= 0.3 is 0 Å². The molecule has 4 nitrogen and oxygen atoms in total. The zero-order valence-electron chi connectivity index (χ0n) is 33.5. The van der Waals surface area contributed by atoms with Crippen molar-refractivity contribution < 1.29 is 20.1 Å². The van der Waals surface area contributed by atoms with Crippen molar-refractivity contribution >= 4 is 0 Å². The Labute approximate surface area is 352 Å². The van der Waals surface area contributed by atoms with E-state index in [0.29, 0.717) is 37.2 Å². The Balaban J connectivity index is 1.28. The number of rotatable bonds is 9. The molecule has 0 saturated carbocycles. The van der Waals surface area contributed by atoms with Crippen molar-refractivity contribution in [2.45, 2.75) is 50.0 Å². The zero-order chi connectivity index (χ0) is 40.8. The highest BCUT2D eigenvalue weighted by Gasteiger charge is 2.27. The lowest BCUT2D eigenvalue weighted by atomic mass is 9.78. The van der Waals surface area contributed by atoms with Crippen LogP contribution >= 0.6 is 0 Å². The highest BCUT2D eigenvalue weighted by molar-refractivity contribution is 5.57. The van der Waals surface area contributed by atoms with Gasteiger partial charge in [-0.2, -0.15) is 0 Å². The first-order valence-corrected chi connectivity index (χ1v) is 20.8. The van der Waals surface area contributed by atoms with Crippen molar-refractivity contribution in [2.75, 3.05) is 0 Å². The number of fused-ring (bicyclic) bond motifs is 8. The molecule has 296 valence electrons. The molecule has 0 radical (unpaired) electrons. The minimum Gasteiger partial charge on any atom is -0.508 e. The zero-order valence-corrected chi connectivity index (χ0v) is 33.5. The maximum Gasteiger partial charge on any atom is 0.127 e. The van der Waals surface area contributed by atoms with Crippen LogP contribution in [0.2, 0.25) is 0 Å². The van der Waals surface area contributed by atoms with Crippen LogP contribution in [0.15, 0.2) is 194 Å². The van der Waals surface area contributed by atoms with Gasteiger partial charge in [0.1, 0.15) is 29.6 Å². The molecule has 8 aromatic rings. The van der Waals surface area contributed by atoms with Crippen LogP contribution in [0.25, 0.3) is 0 Å². The van der Waals surface area contributed by atoms with Gasteiger partial charge in [0.05, 0.1) is 0 Å². The SMILES string of the molecule is Oc1cc(O)c2cc1Cc1cc(c(O)cc1OCc1ccccc1)C(Cc1ccccc1)c1cccc(c1)C(Cc1ccccc1)c1cccc(c1)C2Cc1ccccc1. The molecule has 3 atom stereocenters. The van der Waals surface area contributed by atoms with Gasteiger partial charge in [-0.15, -0.1) is 0 Å². The minimum atomic E-state index is -0.220. The van der Waals surface area contributed by atoms with E-state index in [4.69, 9.17) is 4.74 Å². The molecular formula is C56H48O4. The number of hydrogen-bond acceptors (Lipinski definition) is 4. The van der Waals surface area contributed by atoms with Crippen molar-refractivity contribution in [3.63, 3.8) is 0 Å². The molecule has 0 heterocycles. The van der Waals surface area contributed by atoms with Crippen molar-refractivity contribution in [1.29, 1.82) is 0 Å². The predicted molar refractivity (Wildman–Crippen MR) is 240 cm³/mol. The van der Waals surface area contributed by atoms with Gasteiger partial charge in [-0.1, -0.05) is 170 Å². The first kappa shape index (κ1) is 38.5. The monoisotopic (exact) mass is 784 g/mol. The van der Waals surface area contributed by atoms with E-state index in [0.717, 1.165) is 50.9 Å². The Morgan fingerprint density at radius 2 is 0.767 bits per heavy atom. The first-order chi connectivity index (χ1) is 29.4. The van der Waals surface area contributed by atoms with Gasteiger partial charge in [-0.05, 0) is 87.0 Å². The van der Waals surface area contributed by atoms with Crippen molar-refractivity contribution in [1.82, 2.24) is 0 Å². The van der Waals surface area contributed by atoms with Crippen LogP contribution in [0.5, 0.6) is 23.0 Å². The quantitative estimate of drug-likeness (QED) is 0.136. The number of hydrogen-bond donors (Lipinski definition) is 3. The molecule has 0 aromatic heterocycles. The van der Waals surface area contributed by atoms with Crippen LogP contribution < -0.4 is 4.74 Å². The summed E-state index contributed by atoms with van der Waals surface area (Å²) in [6.07, 6.45) is 2.41. The summed E-state index contributed by atoms with van der Waals surface area (Å²) in [6.45, 7) is 0.313. The van der Waals surface area contributed by atoms with Gasteiger partial charge in [0.25, 0.3) is 0 Å². The second-order valence-corrected chi connectivity index (χ2v) is 16.1. The normalized spacial score (nSPS) is 15.9. The van der Waals surface area contributed by atoms with E-state index in [1.54, 1.807) is 6.07 Å². The van der Waals surface area contributed by atoms with E-state index in [1.165, 1.54) is 22.8 Å². The first-order valence-electron chi connectivity index (χ1n) is 20.8. The van der Waals surface area contributed by atoms with E-state index >= 15 is 0 Å². The summed E-state index contributed by atoms with van der Waals surface area (Å²) in [5, 5.41) is 35.4. The molecule has 60 heavy (non-hydrogen) atoms. The van der Waals surface area contributed by atoms with Gasteiger partial charge in [0.15, 0.2) is 0 Å². The highest BCUT2D eigenvalue weighted by atomic mass is 16.5. The molecule has 0 fully saturated rings. The average molecular weight is 785 g/mol. The summed E-state index contributed by atoms with van der Waals surface area (Å²) in [5.41, 5.74) is 12.1. The molecular weight excluding hydrogens is 737 g/mol. The Bertz CT molecular complexity index is 2690. The van der Waals surface area contributed by atoms with E-state index in [9.17, 15) is 15.3 Å². The van der Waals surface area contributed by atoms with Crippen LogP contribution in [0.3, 0.4) is 0 Å². The second kappa shape index (κ2) is 17.4. The number of phenolic OH excluding ortho intramolecular Hbond substituents is 3. The number of ether oxygens (including phenoxy) is 1. The van der Waals surface area contributed by atoms with Crippen LogP contribution in [0.4, 0.5) is 0 Å². The van der Waals surface area contributed by atoms with E-state index in [1.807, 2.05) is 48.5 Å². The molecule has 3 N–H and O–H groups in total. The summed E-state index contributed by atoms with van der Waals surface area (Å²) in [5.74, 6) is 0.335. The summed E-state index contributed by atoms with van der Waals surface area (Å²) >= 11 is 0. The smallest absolute Gasteiger partial charge is 0.127 e. The largest absolute Gasteiger partial charge is 0.508 e. The Morgan fingerprint density at radius 1 is 0.367 bits per heavy atom. The molecule has 1 aliphatic rings. The lowest BCUT2D eigenvalue weighted by molar-refractivity contribution is 0.301. The summed E-state index contributed by atoms with van der Waals surface area (Å²) in [7, 11) is 0.